The Labute approximate surface area is 71.9 Å². The molecule has 0 atom stereocenters. The molecule has 2 nitrogen and oxygen atoms in total. The van der Waals surface area contributed by atoms with Gasteiger partial charge in [-0.15, -0.1) is 13.2 Å². The number of aromatic nitrogens is 1. The third-order valence-electron chi connectivity index (χ3n) is 1.44. The first kappa shape index (κ1) is 9.57. The van der Waals surface area contributed by atoms with Crippen molar-refractivity contribution in [2.45, 2.75) is 6.30 Å². The average Bonchev–Trinajstić information content (AvgIpc) is 2.03. The van der Waals surface area contributed by atoms with Crippen molar-refractivity contribution in [3.05, 3.63) is 40.8 Å². The van der Waals surface area contributed by atoms with Crippen LogP contribution in [0, 0.1) is 0 Å². The van der Waals surface area contributed by atoms with Gasteiger partial charge in [-0.2, -0.15) is 0 Å². The van der Waals surface area contributed by atoms with E-state index in [-0.39, 0.29) is 10.1 Å². The highest BCUT2D eigenvalue weighted by molar-refractivity contribution is 5.44. The van der Waals surface area contributed by atoms with E-state index in [1.54, 1.807) is 0 Å². The molecule has 13 heavy (non-hydrogen) atoms. The molecule has 0 radical (unpaired) electrons. The predicted octanol–water partition coefficient (Wildman–Crippen LogP) is 1.97. The summed E-state index contributed by atoms with van der Waals surface area (Å²) in [6.07, 6.45) is -2.73. The Hall–Kier alpha value is -1.52. The second kappa shape index (κ2) is 3.08. The summed E-state index contributed by atoms with van der Waals surface area (Å²) in [5, 5.41) is 0. The molecule has 0 aromatic carbocycles. The van der Waals surface area contributed by atoms with Gasteiger partial charge in [0.2, 0.25) is 0 Å². The largest absolute Gasteiger partial charge is 0.491 e. The quantitative estimate of drug-likeness (QED) is 0.661. The molecule has 0 amide bonds. The number of rotatable bonds is 1. The van der Waals surface area contributed by atoms with Crippen LogP contribution >= 0.6 is 0 Å². The minimum atomic E-state index is -4.67. The molecule has 0 saturated heterocycles. The maximum Gasteiger partial charge on any atom is 0.491 e. The Bertz CT molecular complexity index is 378. The fourth-order valence-corrected chi connectivity index (χ4v) is 0.822. The van der Waals surface area contributed by atoms with Crippen LogP contribution < -0.4 is 5.56 Å². The van der Waals surface area contributed by atoms with E-state index in [1.165, 1.54) is 12.1 Å². The van der Waals surface area contributed by atoms with Crippen molar-refractivity contribution < 1.29 is 13.2 Å². The highest BCUT2D eigenvalue weighted by Gasteiger charge is 2.31. The Morgan fingerprint density at radius 3 is 2.46 bits per heavy atom. The van der Waals surface area contributed by atoms with E-state index in [2.05, 4.69) is 6.58 Å². The van der Waals surface area contributed by atoms with Gasteiger partial charge in [-0.05, 0) is 11.6 Å². The zero-order chi connectivity index (χ0) is 10.1. The van der Waals surface area contributed by atoms with Crippen LogP contribution in [-0.4, -0.2) is 4.57 Å². The van der Waals surface area contributed by atoms with Gasteiger partial charge in [0.05, 0.1) is 0 Å². The maximum absolute atomic E-state index is 12.1. The van der Waals surface area contributed by atoms with Crippen LogP contribution in [-0.2, 0) is 6.30 Å². The first-order valence-corrected chi connectivity index (χ1v) is 3.37. The van der Waals surface area contributed by atoms with Crippen molar-refractivity contribution in [3.8, 4) is 0 Å². The summed E-state index contributed by atoms with van der Waals surface area (Å²) >= 11 is 0. The van der Waals surface area contributed by atoms with E-state index in [1.807, 2.05) is 0 Å². The molecule has 0 aliphatic carbocycles. The molecule has 0 fully saturated rings. The van der Waals surface area contributed by atoms with E-state index >= 15 is 0 Å². The molecule has 0 aliphatic rings. The van der Waals surface area contributed by atoms with E-state index in [0.717, 1.165) is 6.07 Å². The standard InChI is InChI=1S/C8H6F3NO/c1-2-6-3-4-7(13)12(5-6)8(9,10)11/h2-5H,1H2. The molecule has 1 rings (SSSR count). The molecule has 70 valence electrons. The van der Waals surface area contributed by atoms with Gasteiger partial charge in [0, 0.05) is 12.3 Å². The number of hydrogen-bond donors (Lipinski definition) is 0. The number of halogens is 3. The van der Waals surface area contributed by atoms with Gasteiger partial charge in [-0.25, -0.2) is 4.57 Å². The Morgan fingerprint density at radius 1 is 1.38 bits per heavy atom. The highest BCUT2D eigenvalue weighted by Crippen LogP contribution is 2.19. The summed E-state index contributed by atoms with van der Waals surface area (Å²) in [5.41, 5.74) is -0.852. The normalized spacial score (nSPS) is 11.3. The highest BCUT2D eigenvalue weighted by atomic mass is 19.4. The Kier molecular flexibility index (Phi) is 2.27. The molecule has 0 aliphatic heterocycles. The van der Waals surface area contributed by atoms with E-state index in [4.69, 9.17) is 0 Å². The molecule has 0 bridgehead atoms. The van der Waals surface area contributed by atoms with Crippen molar-refractivity contribution in [3.63, 3.8) is 0 Å². The van der Waals surface area contributed by atoms with Gasteiger partial charge in [-0.1, -0.05) is 12.7 Å². The van der Waals surface area contributed by atoms with Crippen LogP contribution in [0.4, 0.5) is 13.2 Å². The maximum atomic E-state index is 12.1. The van der Waals surface area contributed by atoms with Crippen molar-refractivity contribution in [1.82, 2.24) is 4.57 Å². The first-order valence-electron chi connectivity index (χ1n) is 3.37. The third kappa shape index (κ3) is 1.99. The average molecular weight is 189 g/mol. The van der Waals surface area contributed by atoms with E-state index in [0.29, 0.717) is 6.20 Å². The lowest BCUT2D eigenvalue weighted by molar-refractivity contribution is -0.206. The third-order valence-corrected chi connectivity index (χ3v) is 1.44. The lowest BCUT2D eigenvalue weighted by Gasteiger charge is -2.09. The fourth-order valence-electron chi connectivity index (χ4n) is 0.822. The number of hydrogen-bond acceptors (Lipinski definition) is 1. The van der Waals surface area contributed by atoms with Gasteiger partial charge in [0.1, 0.15) is 0 Å². The van der Waals surface area contributed by atoms with E-state index < -0.39 is 11.9 Å². The van der Waals surface area contributed by atoms with Crippen molar-refractivity contribution in [2.24, 2.45) is 0 Å². The smallest absolute Gasteiger partial charge is 0.269 e. The zero-order valence-electron chi connectivity index (χ0n) is 6.51. The van der Waals surface area contributed by atoms with Crippen LogP contribution in [0.1, 0.15) is 5.56 Å². The molecule has 1 aromatic rings. The van der Waals surface area contributed by atoms with Gasteiger partial charge in [-0.3, -0.25) is 4.79 Å². The minimum Gasteiger partial charge on any atom is -0.269 e. The zero-order valence-corrected chi connectivity index (χ0v) is 6.51. The van der Waals surface area contributed by atoms with Crippen LogP contribution in [0.2, 0.25) is 0 Å². The number of alkyl halides is 3. The van der Waals surface area contributed by atoms with Crippen LogP contribution in [0.5, 0.6) is 0 Å². The van der Waals surface area contributed by atoms with Crippen LogP contribution in [0.3, 0.4) is 0 Å². The molecule has 0 unspecified atom stereocenters. The number of pyridine rings is 1. The summed E-state index contributed by atoms with van der Waals surface area (Å²) in [6.45, 7) is 3.30. The molecule has 0 saturated carbocycles. The molecule has 0 N–H and O–H groups in total. The van der Waals surface area contributed by atoms with Crippen LogP contribution in [0.15, 0.2) is 29.7 Å². The molecule has 0 spiro atoms. The van der Waals surface area contributed by atoms with Gasteiger partial charge >= 0.3 is 6.30 Å². The van der Waals surface area contributed by atoms with Crippen molar-refractivity contribution in [2.75, 3.05) is 0 Å². The van der Waals surface area contributed by atoms with Crippen molar-refractivity contribution in [1.29, 1.82) is 0 Å². The predicted molar refractivity (Wildman–Crippen MR) is 42.1 cm³/mol. The second-order valence-corrected chi connectivity index (χ2v) is 2.34. The SMILES string of the molecule is C=Cc1ccc(=O)n(C(F)(F)F)c1. The Balaban J connectivity index is 3.36. The summed E-state index contributed by atoms with van der Waals surface area (Å²) < 4.78 is 36.0. The topological polar surface area (TPSA) is 22.0 Å². The first-order chi connectivity index (χ1) is 5.95. The minimum absolute atomic E-state index is 0.247. The summed E-state index contributed by atoms with van der Waals surface area (Å²) in [7, 11) is 0. The van der Waals surface area contributed by atoms with Gasteiger partial charge < -0.3 is 0 Å². The second-order valence-electron chi connectivity index (χ2n) is 2.34. The number of nitrogens with zero attached hydrogens (tertiary/aromatic N) is 1. The van der Waals surface area contributed by atoms with Gasteiger partial charge in [0.25, 0.3) is 5.56 Å². The molecular formula is C8H6F3NO. The van der Waals surface area contributed by atoms with E-state index in [9.17, 15) is 18.0 Å². The Morgan fingerprint density at radius 2 is 2.00 bits per heavy atom. The molecule has 1 aromatic heterocycles. The summed E-state index contributed by atoms with van der Waals surface area (Å²) in [5.74, 6) is 0. The summed E-state index contributed by atoms with van der Waals surface area (Å²) in [4.78, 5) is 10.7. The molecule has 1 heterocycles. The molecule has 5 heteroatoms. The monoisotopic (exact) mass is 189 g/mol. The lowest BCUT2D eigenvalue weighted by Crippen LogP contribution is -2.29. The summed E-state index contributed by atoms with van der Waals surface area (Å²) in [6, 6.07) is 2.13. The fraction of sp³-hybridized carbons (Fsp3) is 0.125. The molecular weight excluding hydrogens is 183 g/mol. The van der Waals surface area contributed by atoms with Crippen LogP contribution in [0.25, 0.3) is 6.08 Å². The lowest BCUT2D eigenvalue weighted by atomic mass is 10.3. The van der Waals surface area contributed by atoms with Crippen molar-refractivity contribution >= 4 is 6.08 Å². The van der Waals surface area contributed by atoms with Gasteiger partial charge in [0.15, 0.2) is 0 Å².